The summed E-state index contributed by atoms with van der Waals surface area (Å²) >= 11 is 0. The van der Waals surface area contributed by atoms with Crippen molar-refractivity contribution in [2.75, 3.05) is 32.8 Å². The summed E-state index contributed by atoms with van der Waals surface area (Å²) in [5, 5.41) is 6.18. The molecule has 1 aliphatic heterocycles. The molecule has 4 rings (SSSR count). The zero-order valence-electron chi connectivity index (χ0n) is 16.9. The van der Waals surface area contributed by atoms with Gasteiger partial charge in [-0.05, 0) is 23.3 Å². The highest BCUT2D eigenvalue weighted by Crippen LogP contribution is 2.23. The molecule has 1 aromatic heterocycles. The maximum Gasteiger partial charge on any atom is 0.315 e. The van der Waals surface area contributed by atoms with Crippen molar-refractivity contribution in [1.29, 1.82) is 0 Å². The van der Waals surface area contributed by atoms with Crippen molar-refractivity contribution >= 4 is 6.03 Å². The molecule has 2 amide bonds. The topological polar surface area (TPSA) is 66.7 Å². The second kappa shape index (κ2) is 10.1. The van der Waals surface area contributed by atoms with Crippen molar-refractivity contribution in [3.05, 3.63) is 95.9 Å². The summed E-state index contributed by atoms with van der Waals surface area (Å²) in [5.41, 5.74) is 2.07. The van der Waals surface area contributed by atoms with Crippen LogP contribution in [0, 0.1) is 0 Å². The number of hydrogen-bond donors (Lipinski definition) is 2. The van der Waals surface area contributed by atoms with Crippen molar-refractivity contribution < 1.29 is 13.9 Å². The van der Waals surface area contributed by atoms with Gasteiger partial charge in [-0.2, -0.15) is 0 Å². The molecule has 3 aromatic rings. The Kier molecular flexibility index (Phi) is 6.79. The lowest BCUT2D eigenvalue weighted by Gasteiger charge is -2.33. The highest BCUT2D eigenvalue weighted by atomic mass is 16.5. The van der Waals surface area contributed by atoms with Crippen molar-refractivity contribution in [2.24, 2.45) is 0 Å². The van der Waals surface area contributed by atoms with Crippen LogP contribution in [0.4, 0.5) is 4.79 Å². The van der Waals surface area contributed by atoms with Crippen LogP contribution in [0.1, 0.15) is 29.0 Å². The number of carbonyl (C=O) groups excluding carboxylic acids is 1. The fraction of sp³-hybridized carbons (Fsp3) is 0.292. The van der Waals surface area contributed by atoms with Crippen molar-refractivity contribution in [3.63, 3.8) is 0 Å². The predicted octanol–water partition coefficient (Wildman–Crippen LogP) is 3.74. The van der Waals surface area contributed by atoms with Gasteiger partial charge in [0.1, 0.15) is 5.76 Å². The van der Waals surface area contributed by atoms with Crippen LogP contribution in [0.3, 0.4) is 0 Å². The van der Waals surface area contributed by atoms with Crippen LogP contribution in [-0.2, 0) is 4.74 Å². The number of carbonyl (C=O) groups is 1. The van der Waals surface area contributed by atoms with E-state index in [1.54, 1.807) is 6.26 Å². The van der Waals surface area contributed by atoms with Gasteiger partial charge in [0.05, 0.1) is 31.6 Å². The first-order valence-electron chi connectivity index (χ1n) is 10.3. The Morgan fingerprint density at radius 3 is 2.10 bits per heavy atom. The van der Waals surface area contributed by atoms with Crippen LogP contribution in [0.25, 0.3) is 0 Å². The Bertz CT molecular complexity index is 854. The molecular weight excluding hydrogens is 378 g/mol. The molecule has 6 nitrogen and oxygen atoms in total. The van der Waals surface area contributed by atoms with Crippen LogP contribution in [0.2, 0.25) is 0 Å². The zero-order valence-corrected chi connectivity index (χ0v) is 16.9. The fourth-order valence-electron chi connectivity index (χ4n) is 3.80. The number of benzene rings is 2. The highest BCUT2D eigenvalue weighted by Gasteiger charge is 2.26. The quantitative estimate of drug-likeness (QED) is 0.628. The number of furan rings is 1. The smallest absolute Gasteiger partial charge is 0.315 e. The molecular formula is C24H27N3O3. The molecule has 2 N–H and O–H groups in total. The molecule has 1 fully saturated rings. The third kappa shape index (κ3) is 5.09. The minimum Gasteiger partial charge on any atom is -0.468 e. The summed E-state index contributed by atoms with van der Waals surface area (Å²) in [7, 11) is 0. The van der Waals surface area contributed by atoms with Gasteiger partial charge in [0.15, 0.2) is 0 Å². The van der Waals surface area contributed by atoms with E-state index < -0.39 is 0 Å². The summed E-state index contributed by atoms with van der Waals surface area (Å²) < 4.78 is 11.1. The molecule has 30 heavy (non-hydrogen) atoms. The summed E-state index contributed by atoms with van der Waals surface area (Å²) in [6, 6.07) is 23.4. The molecule has 2 heterocycles. The number of hydrogen-bond acceptors (Lipinski definition) is 4. The van der Waals surface area contributed by atoms with E-state index in [-0.39, 0.29) is 18.1 Å². The van der Waals surface area contributed by atoms with Gasteiger partial charge in [0, 0.05) is 19.6 Å². The first-order valence-corrected chi connectivity index (χ1v) is 10.3. The van der Waals surface area contributed by atoms with E-state index in [2.05, 4.69) is 15.5 Å². The molecule has 1 saturated heterocycles. The molecule has 156 valence electrons. The SMILES string of the molecule is O=C(NCC(c1ccco1)N1CCOCC1)NC(c1ccccc1)c1ccccc1. The fourth-order valence-corrected chi connectivity index (χ4v) is 3.80. The van der Waals surface area contributed by atoms with Gasteiger partial charge in [0.25, 0.3) is 0 Å². The molecule has 0 aliphatic carbocycles. The Labute approximate surface area is 176 Å². The lowest BCUT2D eigenvalue weighted by Crippen LogP contribution is -2.46. The van der Waals surface area contributed by atoms with E-state index in [1.165, 1.54) is 0 Å². The second-order valence-electron chi connectivity index (χ2n) is 7.29. The van der Waals surface area contributed by atoms with E-state index in [1.807, 2.05) is 72.8 Å². The Morgan fingerprint density at radius 2 is 1.53 bits per heavy atom. The van der Waals surface area contributed by atoms with Crippen LogP contribution in [0.15, 0.2) is 83.5 Å². The summed E-state index contributed by atoms with van der Waals surface area (Å²) in [4.78, 5) is 15.1. The van der Waals surface area contributed by atoms with Gasteiger partial charge in [-0.1, -0.05) is 60.7 Å². The van der Waals surface area contributed by atoms with Crippen LogP contribution in [0.5, 0.6) is 0 Å². The van der Waals surface area contributed by atoms with E-state index in [0.29, 0.717) is 19.8 Å². The number of ether oxygens (including phenoxy) is 1. The third-order valence-corrected chi connectivity index (χ3v) is 5.36. The number of rotatable bonds is 7. The van der Waals surface area contributed by atoms with Crippen LogP contribution >= 0.6 is 0 Å². The Morgan fingerprint density at radius 1 is 0.900 bits per heavy atom. The van der Waals surface area contributed by atoms with Crippen molar-refractivity contribution in [3.8, 4) is 0 Å². The first kappa shape index (κ1) is 20.2. The summed E-state index contributed by atoms with van der Waals surface area (Å²) in [6.45, 7) is 3.45. The molecule has 0 saturated carbocycles. The van der Waals surface area contributed by atoms with E-state index in [9.17, 15) is 4.79 Å². The number of nitrogens with one attached hydrogen (secondary N) is 2. The molecule has 1 unspecified atom stereocenters. The summed E-state index contributed by atoms with van der Waals surface area (Å²) in [5.74, 6) is 0.847. The highest BCUT2D eigenvalue weighted by molar-refractivity contribution is 5.75. The van der Waals surface area contributed by atoms with Crippen molar-refractivity contribution in [2.45, 2.75) is 12.1 Å². The normalized spacial score (nSPS) is 15.6. The van der Waals surface area contributed by atoms with Crippen molar-refractivity contribution in [1.82, 2.24) is 15.5 Å². The third-order valence-electron chi connectivity index (χ3n) is 5.36. The maximum absolute atomic E-state index is 12.9. The van der Waals surface area contributed by atoms with E-state index in [4.69, 9.17) is 9.15 Å². The predicted molar refractivity (Wildman–Crippen MR) is 115 cm³/mol. The van der Waals surface area contributed by atoms with Gasteiger partial charge in [0.2, 0.25) is 0 Å². The van der Waals surface area contributed by atoms with Gasteiger partial charge >= 0.3 is 6.03 Å². The average Bonchev–Trinajstić information content (AvgIpc) is 3.34. The monoisotopic (exact) mass is 405 g/mol. The molecule has 0 radical (unpaired) electrons. The van der Waals surface area contributed by atoms with E-state index in [0.717, 1.165) is 30.0 Å². The number of amides is 2. The molecule has 2 aromatic carbocycles. The summed E-state index contributed by atoms with van der Waals surface area (Å²) in [6.07, 6.45) is 1.67. The minimum absolute atomic E-state index is 0.0263. The van der Waals surface area contributed by atoms with Gasteiger partial charge in [-0.25, -0.2) is 4.79 Å². The van der Waals surface area contributed by atoms with Gasteiger partial charge < -0.3 is 19.8 Å². The molecule has 1 aliphatic rings. The maximum atomic E-state index is 12.9. The molecule has 0 bridgehead atoms. The lowest BCUT2D eigenvalue weighted by atomic mass is 9.99. The number of urea groups is 1. The second-order valence-corrected chi connectivity index (χ2v) is 7.29. The largest absolute Gasteiger partial charge is 0.468 e. The van der Waals surface area contributed by atoms with Gasteiger partial charge in [-0.15, -0.1) is 0 Å². The molecule has 0 spiro atoms. The average molecular weight is 405 g/mol. The zero-order chi connectivity index (χ0) is 20.6. The minimum atomic E-state index is -0.224. The van der Waals surface area contributed by atoms with E-state index >= 15 is 0 Å². The Hall–Kier alpha value is -3.09. The van der Waals surface area contributed by atoms with Gasteiger partial charge in [-0.3, -0.25) is 4.90 Å². The number of nitrogens with zero attached hydrogens (tertiary/aromatic N) is 1. The standard InChI is InChI=1S/C24H27N3O3/c28-24(25-18-21(22-12-7-15-30-22)27-13-16-29-17-14-27)26-23(19-8-3-1-4-9-19)20-10-5-2-6-11-20/h1-12,15,21,23H,13-14,16-18H2,(H2,25,26,28). The molecule has 6 heteroatoms. The van der Waals surface area contributed by atoms with Crippen LogP contribution in [-0.4, -0.2) is 43.8 Å². The number of morpholine rings is 1. The lowest BCUT2D eigenvalue weighted by molar-refractivity contribution is 0.0123. The molecule has 1 atom stereocenters. The Balaban J connectivity index is 1.45. The van der Waals surface area contributed by atoms with Crippen LogP contribution < -0.4 is 10.6 Å². The first-order chi connectivity index (χ1) is 14.8.